The van der Waals surface area contributed by atoms with Gasteiger partial charge in [-0.05, 0) is 6.08 Å². The summed E-state index contributed by atoms with van der Waals surface area (Å²) in [5.74, 6) is -2.83. The van der Waals surface area contributed by atoms with Gasteiger partial charge in [0.1, 0.15) is 18.3 Å². The second kappa shape index (κ2) is 5.97. The molecule has 0 aromatic rings. The summed E-state index contributed by atoms with van der Waals surface area (Å²) >= 11 is 0. The third-order valence-corrected chi connectivity index (χ3v) is 2.70. The predicted molar refractivity (Wildman–Crippen MR) is 56.5 cm³/mol. The molecule has 0 bridgehead atoms. The summed E-state index contributed by atoms with van der Waals surface area (Å²) in [7, 11) is -3.88. The van der Waals surface area contributed by atoms with Crippen molar-refractivity contribution in [2.75, 3.05) is 7.11 Å². The van der Waals surface area contributed by atoms with Gasteiger partial charge in [-0.1, -0.05) is 0 Å². The maximum Gasteiger partial charge on any atom is 0.525 e. The van der Waals surface area contributed by atoms with Crippen LogP contribution in [0.15, 0.2) is 11.8 Å². The molecule has 1 heterocycles. The Kier molecular flexibility index (Phi) is 5.04. The quantitative estimate of drug-likeness (QED) is 0.221. The number of phosphoric ester groups is 1. The lowest BCUT2D eigenvalue weighted by atomic mass is 10.1. The van der Waals surface area contributed by atoms with Crippen molar-refractivity contribution >= 4 is 13.8 Å². The maximum atomic E-state index is 10.8. The molecule has 19 heavy (non-hydrogen) atoms. The minimum Gasteiger partial charge on any atom is -0.475 e. The molecule has 5 N–H and O–H groups in total. The number of hydrogen-bond donors (Lipinski definition) is 5. The van der Waals surface area contributed by atoms with Gasteiger partial charge >= 0.3 is 13.8 Å². The Labute approximate surface area is 107 Å². The number of carboxylic acid groups (broad SMARTS) is 1. The van der Waals surface area contributed by atoms with E-state index in [0.717, 1.165) is 0 Å². The zero-order valence-electron chi connectivity index (χ0n) is 9.61. The number of aliphatic hydroxyl groups excluding tert-OH is 2. The summed E-state index contributed by atoms with van der Waals surface area (Å²) in [4.78, 5) is 27.9. The van der Waals surface area contributed by atoms with E-state index in [9.17, 15) is 19.6 Å². The minimum atomic E-state index is -5.06. The van der Waals surface area contributed by atoms with Gasteiger partial charge < -0.3 is 29.3 Å². The van der Waals surface area contributed by atoms with Crippen LogP contribution in [0.1, 0.15) is 0 Å². The van der Waals surface area contributed by atoms with E-state index in [-0.39, 0.29) is 0 Å². The van der Waals surface area contributed by atoms with E-state index in [2.05, 4.69) is 4.52 Å². The van der Waals surface area contributed by atoms with Gasteiger partial charge in [0.15, 0.2) is 6.29 Å². The molecule has 4 atom stereocenters. The molecule has 0 aromatic carbocycles. The van der Waals surface area contributed by atoms with Crippen LogP contribution in [0.3, 0.4) is 0 Å². The molecule has 1 rings (SSSR count). The number of aliphatic carboxylic acids is 1. The summed E-state index contributed by atoms with van der Waals surface area (Å²) in [6.07, 6.45) is -4.71. The van der Waals surface area contributed by atoms with Gasteiger partial charge in [-0.2, -0.15) is 0 Å². The lowest BCUT2D eigenvalue weighted by Gasteiger charge is -2.16. The predicted octanol–water partition coefficient (Wildman–Crippen LogP) is -1.84. The van der Waals surface area contributed by atoms with Crippen molar-refractivity contribution in [2.45, 2.75) is 24.6 Å². The second-order valence-electron chi connectivity index (χ2n) is 3.60. The lowest BCUT2D eigenvalue weighted by molar-refractivity contribution is -0.136. The van der Waals surface area contributed by atoms with Crippen molar-refractivity contribution in [3.05, 3.63) is 11.8 Å². The Hall–Kier alpha value is -1.00. The summed E-state index contributed by atoms with van der Waals surface area (Å²) in [6.45, 7) is 0. The van der Waals surface area contributed by atoms with Gasteiger partial charge in [0.2, 0.25) is 5.76 Å². The van der Waals surface area contributed by atoms with Crippen LogP contribution < -0.4 is 0 Å². The Morgan fingerprint density at radius 2 is 1.95 bits per heavy atom. The van der Waals surface area contributed by atoms with E-state index in [0.29, 0.717) is 6.08 Å². The number of rotatable bonds is 5. The fourth-order valence-corrected chi connectivity index (χ4v) is 1.90. The van der Waals surface area contributed by atoms with Crippen molar-refractivity contribution in [1.82, 2.24) is 0 Å². The first kappa shape index (κ1) is 16.1. The van der Waals surface area contributed by atoms with Crippen molar-refractivity contribution < 1.29 is 48.5 Å². The smallest absolute Gasteiger partial charge is 0.475 e. The molecule has 0 radical (unpaired) electrons. The number of carboxylic acids is 1. The molecule has 0 saturated carbocycles. The molecule has 110 valence electrons. The first-order valence-electron chi connectivity index (χ1n) is 4.90. The van der Waals surface area contributed by atoms with Gasteiger partial charge in [0.25, 0.3) is 0 Å². The van der Waals surface area contributed by atoms with Crippen molar-refractivity contribution in [3.8, 4) is 0 Å². The maximum absolute atomic E-state index is 10.8. The highest BCUT2D eigenvalue weighted by Gasteiger charge is 2.43. The summed E-state index contributed by atoms with van der Waals surface area (Å²) in [5, 5.41) is 27.4. The number of carbonyl (C=O) groups is 1. The molecule has 11 heteroatoms. The fourth-order valence-electron chi connectivity index (χ4n) is 1.50. The largest absolute Gasteiger partial charge is 0.525 e. The van der Waals surface area contributed by atoms with Crippen LogP contribution in [0.25, 0.3) is 0 Å². The Balaban J connectivity index is 2.96. The van der Waals surface area contributed by atoms with E-state index in [1.54, 1.807) is 0 Å². The molecule has 1 saturated heterocycles. The molecule has 0 amide bonds. The van der Waals surface area contributed by atoms with Crippen LogP contribution in [-0.2, 0) is 23.4 Å². The standard InChI is InChI=1S/C8H13O10P/c1-16-6-3(17-8(12)5(6)9)2-4(7(10)11)18-19(13,14)15/h2-3,5-6,8-9,12H,1H3,(H,10,11)(H2,13,14,15)/b4-2+/t3-,5-,6+,8?/m1/s1. The molecule has 1 aliphatic heterocycles. The van der Waals surface area contributed by atoms with E-state index in [1.807, 2.05) is 0 Å². The van der Waals surface area contributed by atoms with Crippen molar-refractivity contribution in [3.63, 3.8) is 0 Å². The zero-order valence-corrected chi connectivity index (χ0v) is 10.5. The number of phosphoric acid groups is 1. The molecular formula is C8H13O10P. The van der Waals surface area contributed by atoms with Gasteiger partial charge in [-0.25, -0.2) is 9.36 Å². The summed E-state index contributed by atoms with van der Waals surface area (Å²) in [5.41, 5.74) is 0. The molecule has 0 aromatic heterocycles. The first-order chi connectivity index (χ1) is 8.65. The highest BCUT2D eigenvalue weighted by molar-refractivity contribution is 7.46. The third-order valence-electron chi connectivity index (χ3n) is 2.26. The summed E-state index contributed by atoms with van der Waals surface area (Å²) < 4.78 is 24.1. The molecule has 0 aliphatic carbocycles. The number of aliphatic hydroxyl groups is 2. The highest BCUT2D eigenvalue weighted by Crippen LogP contribution is 2.39. The minimum absolute atomic E-state index is 0.690. The van der Waals surface area contributed by atoms with Crippen LogP contribution in [0.4, 0.5) is 0 Å². The first-order valence-corrected chi connectivity index (χ1v) is 6.43. The average molecular weight is 300 g/mol. The van der Waals surface area contributed by atoms with Crippen LogP contribution >= 0.6 is 7.82 Å². The van der Waals surface area contributed by atoms with Crippen molar-refractivity contribution in [2.24, 2.45) is 0 Å². The number of hydrogen-bond acceptors (Lipinski definition) is 7. The second-order valence-corrected chi connectivity index (χ2v) is 4.76. The molecule has 0 spiro atoms. The molecular weight excluding hydrogens is 287 g/mol. The Morgan fingerprint density at radius 3 is 2.37 bits per heavy atom. The van der Waals surface area contributed by atoms with Crippen LogP contribution in [-0.4, -0.2) is 62.8 Å². The number of ether oxygens (including phenoxy) is 2. The SMILES string of the molecule is CO[C@H]1[C@@H](/C=C(/OP(=O)(O)O)C(=O)O)OC(O)[C@@H]1O. The normalized spacial score (nSPS) is 32.4. The van der Waals surface area contributed by atoms with Gasteiger partial charge in [0, 0.05) is 7.11 Å². The van der Waals surface area contributed by atoms with Gasteiger partial charge in [0.05, 0.1) is 0 Å². The molecule has 1 unspecified atom stereocenters. The van der Waals surface area contributed by atoms with E-state index in [4.69, 9.17) is 24.4 Å². The van der Waals surface area contributed by atoms with E-state index < -0.39 is 44.2 Å². The fraction of sp³-hybridized carbons (Fsp3) is 0.625. The monoisotopic (exact) mass is 300 g/mol. The number of methoxy groups -OCH3 is 1. The molecule has 10 nitrogen and oxygen atoms in total. The van der Waals surface area contributed by atoms with E-state index >= 15 is 0 Å². The third kappa shape index (κ3) is 4.25. The van der Waals surface area contributed by atoms with Crippen LogP contribution in [0, 0.1) is 0 Å². The average Bonchev–Trinajstić information content (AvgIpc) is 2.51. The Morgan fingerprint density at radius 1 is 1.37 bits per heavy atom. The molecule has 1 fully saturated rings. The lowest BCUT2D eigenvalue weighted by Crippen LogP contribution is -2.33. The van der Waals surface area contributed by atoms with E-state index in [1.165, 1.54) is 7.11 Å². The van der Waals surface area contributed by atoms with Crippen molar-refractivity contribution in [1.29, 1.82) is 0 Å². The van der Waals surface area contributed by atoms with Crippen LogP contribution in [0.5, 0.6) is 0 Å². The highest BCUT2D eigenvalue weighted by atomic mass is 31.2. The van der Waals surface area contributed by atoms with Gasteiger partial charge in [-0.15, -0.1) is 0 Å². The molecule has 1 aliphatic rings. The topological polar surface area (TPSA) is 163 Å². The summed E-state index contributed by atoms with van der Waals surface area (Å²) in [6, 6.07) is 0. The van der Waals surface area contributed by atoms with Crippen LogP contribution in [0.2, 0.25) is 0 Å². The van der Waals surface area contributed by atoms with Gasteiger partial charge in [-0.3, -0.25) is 9.79 Å². The zero-order chi connectivity index (χ0) is 14.8. The Bertz CT molecular complexity index is 414.